The van der Waals surface area contributed by atoms with Crippen LogP contribution in [0.3, 0.4) is 0 Å². The summed E-state index contributed by atoms with van der Waals surface area (Å²) in [7, 11) is 0. The number of oxime groups is 1. The second kappa shape index (κ2) is 3.47. The second-order valence-corrected chi connectivity index (χ2v) is 3.70. The summed E-state index contributed by atoms with van der Waals surface area (Å²) in [6.45, 7) is 3.66. The molecular formula is C6H10N2OS. The topological polar surface area (TPSA) is 56.4 Å². The van der Waals surface area contributed by atoms with Crippen LogP contribution in [0.25, 0.3) is 0 Å². The van der Waals surface area contributed by atoms with Crippen molar-refractivity contribution in [1.82, 2.24) is 0 Å². The summed E-state index contributed by atoms with van der Waals surface area (Å²) < 4.78 is -0.385. The first kappa shape index (κ1) is 9.31. The molecule has 0 aliphatic rings. The summed E-state index contributed by atoms with van der Waals surface area (Å²) >= 11 is 1.47. The van der Waals surface area contributed by atoms with Crippen LogP contribution >= 0.6 is 11.8 Å². The molecule has 1 N–H and O–H groups in total. The molecule has 0 aromatic carbocycles. The maximum Gasteiger partial charge on any atom is 0.172 e. The molecule has 0 unspecified atom stereocenters. The Labute approximate surface area is 64.7 Å². The highest BCUT2D eigenvalue weighted by Gasteiger charge is 2.24. The van der Waals surface area contributed by atoms with Crippen LogP contribution in [-0.2, 0) is 0 Å². The van der Waals surface area contributed by atoms with Crippen LogP contribution in [-0.4, -0.2) is 21.9 Å². The fourth-order valence-corrected chi connectivity index (χ4v) is 0.654. The molecule has 10 heavy (non-hydrogen) atoms. The lowest BCUT2D eigenvalue weighted by atomic mass is 10.1. The van der Waals surface area contributed by atoms with Crippen molar-refractivity contribution in [3.05, 3.63) is 0 Å². The zero-order valence-electron chi connectivity index (χ0n) is 6.25. The molecule has 0 aliphatic carbocycles. The van der Waals surface area contributed by atoms with Gasteiger partial charge in [0.05, 0.1) is 4.75 Å². The number of thioether (sulfide) groups is 1. The van der Waals surface area contributed by atoms with Crippen LogP contribution in [0.2, 0.25) is 0 Å². The van der Waals surface area contributed by atoms with Gasteiger partial charge in [-0.05, 0) is 20.1 Å². The van der Waals surface area contributed by atoms with Gasteiger partial charge in [0.25, 0.3) is 0 Å². The van der Waals surface area contributed by atoms with Gasteiger partial charge < -0.3 is 5.21 Å². The smallest absolute Gasteiger partial charge is 0.172 e. The van der Waals surface area contributed by atoms with Gasteiger partial charge in [0.2, 0.25) is 0 Å². The van der Waals surface area contributed by atoms with E-state index in [1.165, 1.54) is 11.8 Å². The van der Waals surface area contributed by atoms with Crippen LogP contribution in [0, 0.1) is 11.3 Å². The lowest BCUT2D eigenvalue weighted by Gasteiger charge is -2.17. The summed E-state index contributed by atoms with van der Waals surface area (Å²) in [5.41, 5.74) is 0.153. The molecule has 0 spiro atoms. The predicted molar refractivity (Wildman–Crippen MR) is 42.4 cm³/mol. The minimum Gasteiger partial charge on any atom is -0.410 e. The predicted octanol–water partition coefficient (Wildman–Crippen LogP) is 1.48. The Morgan fingerprint density at radius 3 is 2.30 bits per heavy atom. The monoisotopic (exact) mass is 158 g/mol. The average Bonchev–Trinajstić information content (AvgIpc) is 1.90. The number of hydrogen-bond donors (Lipinski definition) is 1. The van der Waals surface area contributed by atoms with Crippen LogP contribution in [0.15, 0.2) is 5.16 Å². The zero-order valence-corrected chi connectivity index (χ0v) is 7.07. The van der Waals surface area contributed by atoms with Crippen LogP contribution in [0.4, 0.5) is 0 Å². The Hall–Kier alpha value is -0.690. The molecule has 0 bridgehead atoms. The first-order chi connectivity index (χ1) is 4.58. The third-order valence-corrected chi connectivity index (χ3v) is 2.50. The summed E-state index contributed by atoms with van der Waals surface area (Å²) in [6.07, 6.45) is 1.86. The Morgan fingerprint density at radius 2 is 2.20 bits per heavy atom. The van der Waals surface area contributed by atoms with Gasteiger partial charge in [-0.2, -0.15) is 17.0 Å². The van der Waals surface area contributed by atoms with Crippen molar-refractivity contribution in [3.63, 3.8) is 0 Å². The normalized spacial score (nSPS) is 12.8. The molecule has 56 valence electrons. The quantitative estimate of drug-likeness (QED) is 0.376. The van der Waals surface area contributed by atoms with Gasteiger partial charge in [0.15, 0.2) is 5.71 Å². The summed E-state index contributed by atoms with van der Waals surface area (Å²) in [6, 6.07) is 1.82. The summed E-state index contributed by atoms with van der Waals surface area (Å²) in [5.74, 6) is 0. The Morgan fingerprint density at radius 1 is 1.70 bits per heavy atom. The van der Waals surface area contributed by atoms with E-state index in [2.05, 4.69) is 5.16 Å². The third-order valence-electron chi connectivity index (χ3n) is 1.29. The van der Waals surface area contributed by atoms with Gasteiger partial charge in [0, 0.05) is 0 Å². The molecule has 0 amide bonds. The maximum atomic E-state index is 8.44. The van der Waals surface area contributed by atoms with Gasteiger partial charge in [-0.1, -0.05) is 5.16 Å². The van der Waals surface area contributed by atoms with Gasteiger partial charge in [-0.15, -0.1) is 0 Å². The van der Waals surface area contributed by atoms with E-state index in [0.29, 0.717) is 0 Å². The second-order valence-electron chi connectivity index (χ2n) is 2.27. The van der Waals surface area contributed by atoms with E-state index < -0.39 is 0 Å². The molecule has 0 atom stereocenters. The molecule has 0 heterocycles. The van der Waals surface area contributed by atoms with Gasteiger partial charge in [0.1, 0.15) is 6.07 Å². The van der Waals surface area contributed by atoms with Crippen molar-refractivity contribution >= 4 is 17.5 Å². The molecule has 0 saturated heterocycles. The van der Waals surface area contributed by atoms with Crippen molar-refractivity contribution in [2.24, 2.45) is 5.16 Å². The van der Waals surface area contributed by atoms with Crippen molar-refractivity contribution < 1.29 is 5.21 Å². The van der Waals surface area contributed by atoms with Crippen molar-refractivity contribution in [2.45, 2.75) is 18.6 Å². The van der Waals surface area contributed by atoms with E-state index in [1.807, 2.05) is 26.2 Å². The van der Waals surface area contributed by atoms with E-state index in [-0.39, 0.29) is 10.5 Å². The molecule has 0 aliphatic heterocycles. The largest absolute Gasteiger partial charge is 0.410 e. The molecule has 0 fully saturated rings. The fourth-order valence-electron chi connectivity index (χ4n) is 0.374. The number of nitrogens with zero attached hydrogens (tertiary/aromatic N) is 2. The van der Waals surface area contributed by atoms with Crippen LogP contribution < -0.4 is 0 Å². The molecule has 3 nitrogen and oxygen atoms in total. The number of hydrogen-bond acceptors (Lipinski definition) is 4. The van der Waals surface area contributed by atoms with Gasteiger partial charge >= 0.3 is 0 Å². The van der Waals surface area contributed by atoms with E-state index in [0.717, 1.165) is 0 Å². The Bertz CT molecular complexity index is 181. The molecule has 0 aromatic rings. The molecular weight excluding hydrogens is 148 g/mol. The molecule has 0 rings (SSSR count). The molecule has 0 aromatic heterocycles. The van der Waals surface area contributed by atoms with Crippen LogP contribution in [0.5, 0.6) is 0 Å². The highest BCUT2D eigenvalue weighted by molar-refractivity contribution is 8.00. The van der Waals surface area contributed by atoms with Gasteiger partial charge in [-0.25, -0.2) is 0 Å². The lowest BCUT2D eigenvalue weighted by Crippen LogP contribution is -2.25. The minimum absolute atomic E-state index is 0.153. The standard InChI is InChI=1S/C6H10N2OS/c1-6(2,10-3)5(4-7)8-9/h9H,1-3H3/b8-5+. The van der Waals surface area contributed by atoms with E-state index in [4.69, 9.17) is 10.5 Å². The Kier molecular flexibility index (Phi) is 3.23. The molecule has 0 saturated carbocycles. The van der Waals surface area contributed by atoms with Gasteiger partial charge in [-0.3, -0.25) is 0 Å². The van der Waals surface area contributed by atoms with Crippen LogP contribution in [0.1, 0.15) is 13.8 Å². The lowest BCUT2D eigenvalue weighted by molar-refractivity contribution is 0.317. The van der Waals surface area contributed by atoms with Crippen molar-refractivity contribution in [2.75, 3.05) is 6.26 Å². The minimum atomic E-state index is -0.385. The SMILES string of the molecule is CSC(C)(C)/C(C#N)=N/O. The van der Waals surface area contributed by atoms with Crippen molar-refractivity contribution in [1.29, 1.82) is 5.26 Å². The highest BCUT2D eigenvalue weighted by Crippen LogP contribution is 2.22. The van der Waals surface area contributed by atoms with E-state index in [1.54, 1.807) is 0 Å². The van der Waals surface area contributed by atoms with E-state index >= 15 is 0 Å². The van der Waals surface area contributed by atoms with E-state index in [9.17, 15) is 0 Å². The first-order valence-electron chi connectivity index (χ1n) is 2.76. The molecule has 4 heteroatoms. The summed E-state index contributed by atoms with van der Waals surface area (Å²) in [4.78, 5) is 0. The average molecular weight is 158 g/mol. The third kappa shape index (κ3) is 1.92. The summed E-state index contributed by atoms with van der Waals surface area (Å²) in [5, 5.41) is 19.7. The molecule has 0 radical (unpaired) electrons. The van der Waals surface area contributed by atoms with Crippen molar-refractivity contribution in [3.8, 4) is 6.07 Å². The fraction of sp³-hybridized carbons (Fsp3) is 0.667. The number of rotatable bonds is 2. The number of nitriles is 1. The maximum absolute atomic E-state index is 8.44. The zero-order chi connectivity index (χ0) is 8.20. The first-order valence-corrected chi connectivity index (χ1v) is 3.98. The Balaban J connectivity index is 4.48. The highest BCUT2D eigenvalue weighted by atomic mass is 32.2.